The van der Waals surface area contributed by atoms with E-state index in [-0.39, 0.29) is 0 Å². The first-order chi connectivity index (χ1) is 52.5. The molecule has 0 spiro atoms. The molecule has 0 saturated carbocycles. The fourth-order valence-electron chi connectivity index (χ4n) is 16.9. The van der Waals surface area contributed by atoms with E-state index in [4.69, 9.17) is 0 Å². The van der Waals surface area contributed by atoms with Crippen molar-refractivity contribution in [1.29, 1.82) is 0 Å². The largest absolute Gasteiger partial charge is 0.309 e. The van der Waals surface area contributed by atoms with E-state index in [1.807, 2.05) is 0 Å². The van der Waals surface area contributed by atoms with Gasteiger partial charge in [-0.05, 0) is 221 Å². The maximum atomic E-state index is 2.40. The molecule has 0 radical (unpaired) electrons. The fourth-order valence-corrected chi connectivity index (χ4v) is 16.9. The number of para-hydroxylation sites is 4. The van der Waals surface area contributed by atoms with Crippen LogP contribution in [-0.2, 0) is 0 Å². The highest BCUT2D eigenvalue weighted by atomic mass is 15.0. The number of hydrogen-bond donors (Lipinski definition) is 0. The number of rotatable bonds is 9. The van der Waals surface area contributed by atoms with Crippen molar-refractivity contribution in [1.82, 2.24) is 18.3 Å². The van der Waals surface area contributed by atoms with E-state index in [2.05, 4.69) is 419 Å². The maximum Gasteiger partial charge on any atom is 0.0541 e. The lowest BCUT2D eigenvalue weighted by atomic mass is 9.97. The first kappa shape index (κ1) is 60.7. The van der Waals surface area contributed by atoms with Gasteiger partial charge in [0.1, 0.15) is 0 Å². The molecule has 4 aromatic heterocycles. The van der Waals surface area contributed by atoms with Gasteiger partial charge in [0.2, 0.25) is 0 Å². The highest BCUT2D eigenvalue weighted by Crippen LogP contribution is 2.43. The summed E-state index contributed by atoms with van der Waals surface area (Å²) in [5.41, 5.74) is 26.5. The quantitative estimate of drug-likeness (QED) is 0.137. The van der Waals surface area contributed by atoms with Gasteiger partial charge in [0, 0.05) is 65.8 Å². The van der Waals surface area contributed by atoms with Gasteiger partial charge in [-0.1, -0.05) is 267 Å². The van der Waals surface area contributed by atoms with Gasteiger partial charge in [0.15, 0.2) is 0 Å². The summed E-state index contributed by atoms with van der Waals surface area (Å²) >= 11 is 0. The summed E-state index contributed by atoms with van der Waals surface area (Å²) in [5, 5.41) is 17.6. The molecule has 0 fully saturated rings. The van der Waals surface area contributed by atoms with Crippen LogP contribution in [0.5, 0.6) is 0 Å². The number of fused-ring (bicyclic) bond motifs is 15. The summed E-state index contributed by atoms with van der Waals surface area (Å²) in [6.45, 7) is 0. The zero-order valence-corrected chi connectivity index (χ0v) is 57.9. The van der Waals surface area contributed by atoms with E-state index in [9.17, 15) is 0 Å². The molecular weight excluding hydrogens is 1280 g/mol. The van der Waals surface area contributed by atoms with Crippen LogP contribution in [0.3, 0.4) is 0 Å². The first-order valence-electron chi connectivity index (χ1n) is 36.5. The third kappa shape index (κ3) is 10.2. The van der Waals surface area contributed by atoms with Crippen molar-refractivity contribution in [2.75, 3.05) is 0 Å². The number of nitrogens with zero attached hydrogens (tertiary/aromatic N) is 4. The molecule has 494 valence electrons. The molecule has 22 aromatic rings. The van der Waals surface area contributed by atoms with Crippen LogP contribution >= 0.6 is 0 Å². The normalized spacial score (nSPS) is 11.8. The zero-order chi connectivity index (χ0) is 69.8. The van der Waals surface area contributed by atoms with Crippen LogP contribution in [0.25, 0.3) is 198 Å². The minimum atomic E-state index is 1.16. The van der Waals surface area contributed by atoms with E-state index in [1.165, 1.54) is 192 Å². The van der Waals surface area contributed by atoms with E-state index in [0.29, 0.717) is 0 Å². The first-order valence-corrected chi connectivity index (χ1v) is 36.5. The SMILES string of the molecule is c1cc(-c2ccc3c(c2)c2ccccc2n3-c2ccc3ccccc3c2)cc(-c2ccc3c(c2)c2ccccc2n3-c2ccc3ccccc3c2)c1.c1ccc(-c2cccc(-n3c4ccccc4c4cc(-c5cccc(-c6ccc7c(c6)c6ccccc6n7-c6ccc7ccccc7c6)c5)ccc43)c2)cc1. The molecule has 22 rings (SSSR count). The summed E-state index contributed by atoms with van der Waals surface area (Å²) in [6, 6.07) is 146. The molecule has 4 nitrogen and oxygen atoms in total. The third-order valence-electron chi connectivity index (χ3n) is 21.9. The van der Waals surface area contributed by atoms with E-state index < -0.39 is 0 Å². The Labute approximate surface area is 612 Å². The minimum Gasteiger partial charge on any atom is -0.309 e. The Bertz CT molecular complexity index is 7070. The molecule has 0 amide bonds. The van der Waals surface area contributed by atoms with Crippen LogP contribution < -0.4 is 0 Å². The highest BCUT2D eigenvalue weighted by molar-refractivity contribution is 6.15. The molecule has 0 aliphatic rings. The number of hydrogen-bond acceptors (Lipinski definition) is 0. The van der Waals surface area contributed by atoms with Crippen LogP contribution in [0.4, 0.5) is 0 Å². The lowest BCUT2D eigenvalue weighted by molar-refractivity contribution is 1.18. The van der Waals surface area contributed by atoms with Crippen molar-refractivity contribution < 1.29 is 0 Å². The van der Waals surface area contributed by atoms with E-state index in [0.717, 1.165) is 5.69 Å². The Balaban J connectivity index is 0.000000136. The van der Waals surface area contributed by atoms with Crippen LogP contribution in [-0.4, -0.2) is 18.3 Å². The van der Waals surface area contributed by atoms with Crippen LogP contribution in [0, 0.1) is 0 Å². The molecule has 0 saturated heterocycles. The molecule has 0 aliphatic carbocycles. The van der Waals surface area contributed by atoms with Gasteiger partial charge in [-0.2, -0.15) is 0 Å². The van der Waals surface area contributed by atoms with Crippen molar-refractivity contribution in [3.8, 4) is 78.4 Å². The second-order valence-corrected chi connectivity index (χ2v) is 28.0. The van der Waals surface area contributed by atoms with Crippen molar-refractivity contribution in [2.45, 2.75) is 0 Å². The molecule has 4 heterocycles. The molecule has 0 aliphatic heterocycles. The number of aromatic nitrogens is 4. The predicted molar refractivity (Wildman–Crippen MR) is 450 cm³/mol. The highest BCUT2D eigenvalue weighted by Gasteiger charge is 2.20. The van der Waals surface area contributed by atoms with Crippen molar-refractivity contribution in [3.63, 3.8) is 0 Å². The van der Waals surface area contributed by atoms with Gasteiger partial charge >= 0.3 is 0 Å². The molecule has 0 atom stereocenters. The van der Waals surface area contributed by atoms with Crippen molar-refractivity contribution in [2.24, 2.45) is 0 Å². The second-order valence-electron chi connectivity index (χ2n) is 28.0. The zero-order valence-electron chi connectivity index (χ0n) is 57.9. The summed E-state index contributed by atoms with van der Waals surface area (Å²) in [6.07, 6.45) is 0. The van der Waals surface area contributed by atoms with Crippen LogP contribution in [0.1, 0.15) is 0 Å². The third-order valence-corrected chi connectivity index (χ3v) is 21.9. The minimum absolute atomic E-state index is 1.16. The number of benzene rings is 18. The topological polar surface area (TPSA) is 19.7 Å². The van der Waals surface area contributed by atoms with Gasteiger partial charge in [-0.3, -0.25) is 0 Å². The summed E-state index contributed by atoms with van der Waals surface area (Å²) < 4.78 is 9.61. The standard InChI is InChI=1S/C52H34N2.C50H32N2/c1-2-12-35(13-3-1)40-18-11-19-43(31-40)53-49-22-8-6-20-45(49)47-33-41(25-28-51(47)53)37-16-10-17-38(30-37)42-26-29-52-48(34-42)46-21-7-9-23-50(46)54(52)44-27-24-36-14-4-5-15-39(36)32-44;1-3-12-37-29-41(24-20-33(37)10-1)51-47-18-7-5-16-43(47)45-31-39(22-26-49(45)51)35-14-9-15-36(28-35)40-23-27-50-46(32-40)44-17-6-8-19-48(44)52(50)42-25-21-34-11-2-4-13-38(34)30-42/h1-34H;1-32H. The Kier molecular flexibility index (Phi) is 14.2. The van der Waals surface area contributed by atoms with Crippen molar-refractivity contribution in [3.05, 3.63) is 400 Å². The maximum absolute atomic E-state index is 2.40. The second kappa shape index (κ2) is 24.9. The fraction of sp³-hybridized carbons (Fsp3) is 0. The molecule has 0 unspecified atom stereocenters. The van der Waals surface area contributed by atoms with Gasteiger partial charge in [-0.25, -0.2) is 0 Å². The smallest absolute Gasteiger partial charge is 0.0541 e. The molecule has 0 bridgehead atoms. The van der Waals surface area contributed by atoms with Gasteiger partial charge in [0.25, 0.3) is 0 Å². The van der Waals surface area contributed by atoms with Crippen LogP contribution in [0.2, 0.25) is 0 Å². The molecule has 106 heavy (non-hydrogen) atoms. The Morgan fingerprint density at radius 1 is 0.113 bits per heavy atom. The van der Waals surface area contributed by atoms with Gasteiger partial charge < -0.3 is 18.3 Å². The summed E-state index contributed by atoms with van der Waals surface area (Å²) in [7, 11) is 0. The van der Waals surface area contributed by atoms with Gasteiger partial charge in [-0.15, -0.1) is 0 Å². The van der Waals surface area contributed by atoms with E-state index >= 15 is 0 Å². The van der Waals surface area contributed by atoms with E-state index in [1.54, 1.807) is 0 Å². The monoisotopic (exact) mass is 1350 g/mol. The summed E-state index contributed by atoms with van der Waals surface area (Å²) in [5.74, 6) is 0. The Hall–Kier alpha value is -14.1. The molecule has 18 aromatic carbocycles. The predicted octanol–water partition coefficient (Wildman–Crippen LogP) is 27.6. The summed E-state index contributed by atoms with van der Waals surface area (Å²) in [4.78, 5) is 0. The van der Waals surface area contributed by atoms with Crippen LogP contribution in [0.15, 0.2) is 400 Å². The van der Waals surface area contributed by atoms with Gasteiger partial charge in [0.05, 0.1) is 44.1 Å². The van der Waals surface area contributed by atoms with Crippen molar-refractivity contribution >= 4 is 120 Å². The average Bonchev–Trinajstić information content (AvgIpc) is 1.61. The molecule has 4 heteroatoms. The molecule has 0 N–H and O–H groups in total. The Morgan fingerprint density at radius 3 is 0.679 bits per heavy atom. The molecular formula is C102H66N4. The Morgan fingerprint density at radius 2 is 0.349 bits per heavy atom. The lowest BCUT2D eigenvalue weighted by Crippen LogP contribution is -1.94. The lowest BCUT2D eigenvalue weighted by Gasteiger charge is -2.11. The average molecular weight is 1350 g/mol.